The predicted octanol–water partition coefficient (Wildman–Crippen LogP) is 2.04. The van der Waals surface area contributed by atoms with E-state index in [9.17, 15) is 13.2 Å². The largest absolute Gasteiger partial charge is 0.300 e. The molecule has 0 aromatic rings. The number of alkyl halides is 1. The standard InChI is InChI=1S/C10H19ClO3S/c1-3-15(13,14)8-4-5-10(6-7-11)9(2)12/h10H,3-8H2,1-2H3. The van der Waals surface area contributed by atoms with Crippen LogP contribution >= 0.6 is 11.6 Å². The van der Waals surface area contributed by atoms with Crippen molar-refractivity contribution in [3.05, 3.63) is 0 Å². The normalized spacial score (nSPS) is 13.8. The van der Waals surface area contributed by atoms with Gasteiger partial charge in [0.2, 0.25) is 0 Å². The van der Waals surface area contributed by atoms with Crippen LogP contribution in [-0.4, -0.2) is 31.6 Å². The van der Waals surface area contributed by atoms with Crippen molar-refractivity contribution in [3.63, 3.8) is 0 Å². The average molecular weight is 255 g/mol. The Labute approximate surface area is 97.1 Å². The first-order valence-electron chi connectivity index (χ1n) is 5.19. The number of rotatable bonds is 8. The first kappa shape index (κ1) is 14.9. The summed E-state index contributed by atoms with van der Waals surface area (Å²) in [5.74, 6) is 0.826. The molecule has 0 aromatic carbocycles. The van der Waals surface area contributed by atoms with E-state index in [0.717, 1.165) is 0 Å². The molecule has 1 unspecified atom stereocenters. The lowest BCUT2D eigenvalue weighted by Crippen LogP contribution is -2.15. The molecule has 1 atom stereocenters. The van der Waals surface area contributed by atoms with Gasteiger partial charge in [-0.05, 0) is 26.2 Å². The molecule has 0 N–H and O–H groups in total. The summed E-state index contributed by atoms with van der Waals surface area (Å²) in [6.07, 6.45) is 1.82. The van der Waals surface area contributed by atoms with Crippen LogP contribution in [0.3, 0.4) is 0 Å². The van der Waals surface area contributed by atoms with Crippen LogP contribution in [0.5, 0.6) is 0 Å². The van der Waals surface area contributed by atoms with Crippen LogP contribution in [-0.2, 0) is 14.6 Å². The van der Waals surface area contributed by atoms with Gasteiger partial charge < -0.3 is 0 Å². The Bertz CT molecular complexity index is 285. The molecule has 5 heteroatoms. The fourth-order valence-corrected chi connectivity index (χ4v) is 2.54. The van der Waals surface area contributed by atoms with Crippen molar-refractivity contribution in [2.24, 2.45) is 5.92 Å². The highest BCUT2D eigenvalue weighted by atomic mass is 35.5. The Balaban J connectivity index is 3.96. The van der Waals surface area contributed by atoms with Gasteiger partial charge in [-0.15, -0.1) is 11.6 Å². The highest BCUT2D eigenvalue weighted by molar-refractivity contribution is 7.91. The van der Waals surface area contributed by atoms with Crippen LogP contribution < -0.4 is 0 Å². The third-order valence-corrected chi connectivity index (χ3v) is 4.49. The fraction of sp³-hybridized carbons (Fsp3) is 0.900. The van der Waals surface area contributed by atoms with E-state index in [1.54, 1.807) is 6.92 Å². The molecule has 0 aliphatic rings. The molecule has 15 heavy (non-hydrogen) atoms. The van der Waals surface area contributed by atoms with Gasteiger partial charge in [0.1, 0.15) is 15.6 Å². The second-order valence-corrected chi connectivity index (χ2v) is 6.51. The van der Waals surface area contributed by atoms with Crippen molar-refractivity contribution in [2.45, 2.75) is 33.1 Å². The van der Waals surface area contributed by atoms with Gasteiger partial charge in [-0.25, -0.2) is 8.42 Å². The number of hydrogen-bond acceptors (Lipinski definition) is 3. The quantitative estimate of drug-likeness (QED) is 0.623. The van der Waals surface area contributed by atoms with E-state index in [2.05, 4.69) is 0 Å². The molecule has 0 radical (unpaired) electrons. The molecule has 0 spiro atoms. The molecular formula is C10H19ClO3S. The van der Waals surface area contributed by atoms with Gasteiger partial charge in [-0.3, -0.25) is 4.79 Å². The van der Waals surface area contributed by atoms with Gasteiger partial charge in [0, 0.05) is 17.6 Å². The first-order chi connectivity index (χ1) is 6.93. The minimum Gasteiger partial charge on any atom is -0.300 e. The number of ketones is 1. The molecule has 0 rings (SSSR count). The van der Waals surface area contributed by atoms with Crippen molar-refractivity contribution in [1.29, 1.82) is 0 Å². The Hall–Kier alpha value is -0.0900. The van der Waals surface area contributed by atoms with E-state index >= 15 is 0 Å². The summed E-state index contributed by atoms with van der Waals surface area (Å²) in [5, 5.41) is 0. The Morgan fingerprint density at radius 1 is 1.33 bits per heavy atom. The topological polar surface area (TPSA) is 51.2 Å². The Morgan fingerprint density at radius 2 is 1.93 bits per heavy atom. The number of Topliss-reactive ketones (excluding diaryl/α,β-unsaturated/α-hetero) is 1. The SMILES string of the molecule is CCS(=O)(=O)CCCC(CCCl)C(C)=O. The van der Waals surface area contributed by atoms with Gasteiger partial charge in [0.05, 0.1) is 5.75 Å². The molecule has 0 saturated heterocycles. The van der Waals surface area contributed by atoms with E-state index in [4.69, 9.17) is 11.6 Å². The van der Waals surface area contributed by atoms with Gasteiger partial charge in [0.15, 0.2) is 0 Å². The maximum absolute atomic E-state index is 11.2. The predicted molar refractivity (Wildman–Crippen MR) is 63.1 cm³/mol. The summed E-state index contributed by atoms with van der Waals surface area (Å²) in [4.78, 5) is 11.2. The van der Waals surface area contributed by atoms with Gasteiger partial charge in [-0.2, -0.15) is 0 Å². The molecule has 3 nitrogen and oxygen atoms in total. The van der Waals surface area contributed by atoms with Gasteiger partial charge in [0.25, 0.3) is 0 Å². The van der Waals surface area contributed by atoms with E-state index in [-0.39, 0.29) is 23.2 Å². The number of carbonyl (C=O) groups excluding carboxylic acids is 1. The number of hydrogen-bond donors (Lipinski definition) is 0. The number of halogens is 1. The summed E-state index contributed by atoms with van der Waals surface area (Å²) in [6, 6.07) is 0. The molecule has 0 saturated carbocycles. The van der Waals surface area contributed by atoms with Crippen LogP contribution in [0.2, 0.25) is 0 Å². The lowest BCUT2D eigenvalue weighted by molar-refractivity contribution is -0.121. The maximum Gasteiger partial charge on any atom is 0.150 e. The van der Waals surface area contributed by atoms with Crippen LogP contribution in [0.15, 0.2) is 0 Å². The van der Waals surface area contributed by atoms with Gasteiger partial charge in [-0.1, -0.05) is 6.92 Å². The average Bonchev–Trinajstić information content (AvgIpc) is 2.16. The summed E-state index contributed by atoms with van der Waals surface area (Å²) < 4.78 is 22.4. The minimum atomic E-state index is -2.90. The summed E-state index contributed by atoms with van der Waals surface area (Å²) in [6.45, 7) is 3.17. The molecule has 90 valence electrons. The Kier molecular flexibility index (Phi) is 7.18. The second kappa shape index (κ2) is 7.23. The second-order valence-electron chi connectivity index (χ2n) is 3.66. The fourth-order valence-electron chi connectivity index (χ4n) is 1.38. The molecule has 0 heterocycles. The van der Waals surface area contributed by atoms with Crippen LogP contribution in [0.4, 0.5) is 0 Å². The summed E-state index contributed by atoms with van der Waals surface area (Å²) >= 11 is 5.57. The Morgan fingerprint density at radius 3 is 2.33 bits per heavy atom. The zero-order valence-corrected chi connectivity index (χ0v) is 10.9. The van der Waals surface area contributed by atoms with Crippen molar-refractivity contribution < 1.29 is 13.2 Å². The minimum absolute atomic E-state index is 0.0745. The lowest BCUT2D eigenvalue weighted by atomic mass is 9.97. The van der Waals surface area contributed by atoms with E-state index in [1.165, 1.54) is 6.92 Å². The van der Waals surface area contributed by atoms with E-state index in [1.807, 2.05) is 0 Å². The molecule has 0 aromatic heterocycles. The van der Waals surface area contributed by atoms with Crippen molar-refractivity contribution >= 4 is 27.2 Å². The monoisotopic (exact) mass is 254 g/mol. The zero-order chi connectivity index (χ0) is 11.9. The van der Waals surface area contributed by atoms with Gasteiger partial charge >= 0.3 is 0 Å². The molecule has 0 amide bonds. The first-order valence-corrected chi connectivity index (χ1v) is 7.55. The van der Waals surface area contributed by atoms with E-state index < -0.39 is 9.84 Å². The lowest BCUT2D eigenvalue weighted by Gasteiger charge is -2.11. The molecule has 0 fully saturated rings. The molecule has 0 bridgehead atoms. The van der Waals surface area contributed by atoms with E-state index in [0.29, 0.717) is 25.1 Å². The maximum atomic E-state index is 11.2. The summed E-state index contributed by atoms with van der Waals surface area (Å²) in [5.41, 5.74) is 0. The number of carbonyl (C=O) groups is 1. The van der Waals surface area contributed by atoms with Crippen LogP contribution in [0, 0.1) is 5.92 Å². The highest BCUT2D eigenvalue weighted by Gasteiger charge is 2.15. The molecule has 0 aliphatic heterocycles. The molecule has 0 aliphatic carbocycles. The molecular weight excluding hydrogens is 236 g/mol. The highest BCUT2D eigenvalue weighted by Crippen LogP contribution is 2.14. The third-order valence-electron chi connectivity index (χ3n) is 2.48. The number of sulfone groups is 1. The van der Waals surface area contributed by atoms with Crippen LogP contribution in [0.25, 0.3) is 0 Å². The smallest absolute Gasteiger partial charge is 0.150 e. The third kappa shape index (κ3) is 6.90. The van der Waals surface area contributed by atoms with Crippen molar-refractivity contribution in [1.82, 2.24) is 0 Å². The van der Waals surface area contributed by atoms with Crippen molar-refractivity contribution in [3.8, 4) is 0 Å². The van der Waals surface area contributed by atoms with Crippen molar-refractivity contribution in [2.75, 3.05) is 17.4 Å². The zero-order valence-electron chi connectivity index (χ0n) is 9.33. The van der Waals surface area contributed by atoms with Crippen LogP contribution in [0.1, 0.15) is 33.1 Å². The summed E-state index contributed by atoms with van der Waals surface area (Å²) in [7, 11) is -2.90.